The molecule has 2 aromatic heterocycles. The first kappa shape index (κ1) is 13.7. The molecule has 5 heteroatoms. The fourth-order valence-electron chi connectivity index (χ4n) is 1.79. The zero-order valence-corrected chi connectivity index (χ0v) is 11.9. The number of rotatable bonds is 3. The molecule has 0 unspecified atom stereocenters. The molecule has 0 aliphatic carbocycles. The molecule has 0 amide bonds. The molecule has 0 aliphatic heterocycles. The molecule has 0 aliphatic rings. The van der Waals surface area contributed by atoms with Gasteiger partial charge in [0.15, 0.2) is 0 Å². The second kappa shape index (κ2) is 5.91. The lowest BCUT2D eigenvalue weighted by Crippen LogP contribution is -2.25. The SMILES string of the molecule is CC(C)n1ccn(Cc2cc(C#CCN)cs2)c1=O. The topological polar surface area (TPSA) is 52.9 Å². The maximum atomic E-state index is 12.1. The summed E-state index contributed by atoms with van der Waals surface area (Å²) in [5.41, 5.74) is 6.33. The number of nitrogens with zero attached hydrogens (tertiary/aromatic N) is 2. The summed E-state index contributed by atoms with van der Waals surface area (Å²) in [7, 11) is 0. The lowest BCUT2D eigenvalue weighted by molar-refractivity contribution is 0.562. The first-order valence-electron chi connectivity index (χ1n) is 6.15. The fourth-order valence-corrected chi connectivity index (χ4v) is 2.61. The minimum absolute atomic E-state index is 0.0259. The molecular weight excluding hydrogens is 258 g/mol. The van der Waals surface area contributed by atoms with Crippen molar-refractivity contribution in [3.05, 3.63) is 44.8 Å². The zero-order chi connectivity index (χ0) is 13.8. The number of hydrogen-bond donors (Lipinski definition) is 1. The van der Waals surface area contributed by atoms with E-state index < -0.39 is 0 Å². The summed E-state index contributed by atoms with van der Waals surface area (Å²) < 4.78 is 3.44. The van der Waals surface area contributed by atoms with Crippen molar-refractivity contribution in [1.29, 1.82) is 0 Å². The van der Waals surface area contributed by atoms with Gasteiger partial charge in [0.25, 0.3) is 0 Å². The third kappa shape index (κ3) is 3.16. The minimum Gasteiger partial charge on any atom is -0.320 e. The molecule has 0 aromatic carbocycles. The summed E-state index contributed by atoms with van der Waals surface area (Å²) in [4.78, 5) is 13.2. The molecule has 100 valence electrons. The second-order valence-corrected chi connectivity index (χ2v) is 5.51. The summed E-state index contributed by atoms with van der Waals surface area (Å²) in [5, 5.41) is 1.99. The van der Waals surface area contributed by atoms with Gasteiger partial charge in [0.05, 0.1) is 13.1 Å². The van der Waals surface area contributed by atoms with Crippen LogP contribution in [0.15, 0.2) is 28.6 Å². The van der Waals surface area contributed by atoms with E-state index in [9.17, 15) is 4.79 Å². The Morgan fingerprint density at radius 2 is 2.21 bits per heavy atom. The van der Waals surface area contributed by atoms with Gasteiger partial charge in [-0.2, -0.15) is 0 Å². The molecule has 2 heterocycles. The summed E-state index contributed by atoms with van der Waals surface area (Å²) in [5.74, 6) is 5.82. The molecule has 2 N–H and O–H groups in total. The molecule has 4 nitrogen and oxygen atoms in total. The van der Waals surface area contributed by atoms with Gasteiger partial charge in [-0.25, -0.2) is 4.79 Å². The second-order valence-electron chi connectivity index (χ2n) is 4.52. The third-order valence-electron chi connectivity index (χ3n) is 2.74. The molecule has 0 radical (unpaired) electrons. The van der Waals surface area contributed by atoms with Gasteiger partial charge in [-0.1, -0.05) is 11.8 Å². The van der Waals surface area contributed by atoms with Crippen molar-refractivity contribution in [2.75, 3.05) is 6.54 Å². The van der Waals surface area contributed by atoms with E-state index in [1.165, 1.54) is 0 Å². The average molecular weight is 275 g/mol. The number of imidazole rings is 1. The maximum Gasteiger partial charge on any atom is 0.328 e. The van der Waals surface area contributed by atoms with Gasteiger partial charge in [-0.3, -0.25) is 9.13 Å². The third-order valence-corrected chi connectivity index (χ3v) is 3.67. The predicted molar refractivity (Wildman–Crippen MR) is 78.4 cm³/mol. The van der Waals surface area contributed by atoms with Gasteiger partial charge in [0, 0.05) is 34.3 Å². The summed E-state index contributed by atoms with van der Waals surface area (Å²) >= 11 is 1.61. The Bertz CT molecular complexity index is 667. The largest absolute Gasteiger partial charge is 0.328 e. The molecule has 0 saturated heterocycles. The molecular formula is C14H17N3OS. The van der Waals surface area contributed by atoms with E-state index in [1.807, 2.05) is 37.7 Å². The highest BCUT2D eigenvalue weighted by Gasteiger charge is 2.07. The van der Waals surface area contributed by atoms with Crippen molar-refractivity contribution in [1.82, 2.24) is 9.13 Å². The van der Waals surface area contributed by atoms with Crippen LogP contribution in [0.25, 0.3) is 0 Å². The van der Waals surface area contributed by atoms with E-state index in [0.29, 0.717) is 13.1 Å². The number of hydrogen-bond acceptors (Lipinski definition) is 3. The van der Waals surface area contributed by atoms with Crippen molar-refractivity contribution in [2.45, 2.75) is 26.4 Å². The average Bonchev–Trinajstić information content (AvgIpc) is 2.95. The van der Waals surface area contributed by atoms with E-state index in [2.05, 4.69) is 11.8 Å². The van der Waals surface area contributed by atoms with Crippen LogP contribution in [0.3, 0.4) is 0 Å². The van der Waals surface area contributed by atoms with Gasteiger partial charge in [-0.05, 0) is 19.9 Å². The fraction of sp³-hybridized carbons (Fsp3) is 0.357. The highest BCUT2D eigenvalue weighted by molar-refractivity contribution is 7.10. The standard InChI is InChI=1S/C14H17N3OS/c1-11(2)17-7-6-16(14(17)18)9-13-8-12(10-19-13)4-3-5-15/h6-8,10-11H,5,9,15H2,1-2H3. The van der Waals surface area contributed by atoms with Crippen molar-refractivity contribution in [3.63, 3.8) is 0 Å². The van der Waals surface area contributed by atoms with Gasteiger partial charge >= 0.3 is 5.69 Å². The first-order valence-corrected chi connectivity index (χ1v) is 7.03. The lowest BCUT2D eigenvalue weighted by Gasteiger charge is -2.04. The van der Waals surface area contributed by atoms with Gasteiger partial charge < -0.3 is 5.73 Å². The van der Waals surface area contributed by atoms with Gasteiger partial charge in [0.1, 0.15) is 0 Å². The Morgan fingerprint density at radius 3 is 2.84 bits per heavy atom. The molecule has 0 spiro atoms. The highest BCUT2D eigenvalue weighted by Crippen LogP contribution is 2.14. The molecule has 0 saturated carbocycles. The quantitative estimate of drug-likeness (QED) is 0.866. The summed E-state index contributed by atoms with van der Waals surface area (Å²) in [6, 6.07) is 2.19. The summed E-state index contributed by atoms with van der Waals surface area (Å²) in [6.45, 7) is 4.95. The molecule has 19 heavy (non-hydrogen) atoms. The molecule has 0 atom stereocenters. The van der Waals surface area contributed by atoms with Crippen LogP contribution in [0.5, 0.6) is 0 Å². The van der Waals surface area contributed by atoms with Crippen LogP contribution in [0, 0.1) is 11.8 Å². The minimum atomic E-state index is 0.0259. The van der Waals surface area contributed by atoms with E-state index in [1.54, 1.807) is 20.5 Å². The number of aromatic nitrogens is 2. The van der Waals surface area contributed by atoms with Gasteiger partial charge in [0.2, 0.25) is 0 Å². The highest BCUT2D eigenvalue weighted by atomic mass is 32.1. The van der Waals surface area contributed by atoms with Crippen molar-refractivity contribution in [2.24, 2.45) is 5.73 Å². The zero-order valence-electron chi connectivity index (χ0n) is 11.1. The Kier molecular flexibility index (Phi) is 4.25. The summed E-state index contributed by atoms with van der Waals surface area (Å²) in [6.07, 6.45) is 3.66. The molecule has 2 aromatic rings. The molecule has 0 bridgehead atoms. The van der Waals surface area contributed by atoms with E-state index in [4.69, 9.17) is 5.73 Å². The Morgan fingerprint density at radius 1 is 1.42 bits per heavy atom. The maximum absolute atomic E-state index is 12.1. The van der Waals surface area contributed by atoms with Crippen LogP contribution >= 0.6 is 11.3 Å². The van der Waals surface area contributed by atoms with Crippen molar-refractivity contribution in [3.8, 4) is 11.8 Å². The predicted octanol–water partition coefficient (Wildman–Crippen LogP) is 1.65. The Hall–Kier alpha value is -1.77. The van der Waals surface area contributed by atoms with E-state index in [0.717, 1.165) is 10.4 Å². The van der Waals surface area contributed by atoms with Crippen LogP contribution in [0.1, 0.15) is 30.3 Å². The van der Waals surface area contributed by atoms with Crippen LogP contribution in [-0.2, 0) is 6.54 Å². The normalized spacial score (nSPS) is 10.5. The van der Waals surface area contributed by atoms with Crippen molar-refractivity contribution >= 4 is 11.3 Å². The van der Waals surface area contributed by atoms with Crippen LogP contribution in [0.4, 0.5) is 0 Å². The number of thiophene rings is 1. The van der Waals surface area contributed by atoms with Crippen molar-refractivity contribution < 1.29 is 0 Å². The van der Waals surface area contributed by atoms with Gasteiger partial charge in [-0.15, -0.1) is 11.3 Å². The first-order chi connectivity index (χ1) is 9.11. The van der Waals surface area contributed by atoms with E-state index in [-0.39, 0.29) is 11.7 Å². The van der Waals surface area contributed by atoms with Crippen LogP contribution < -0.4 is 11.4 Å². The van der Waals surface area contributed by atoms with E-state index >= 15 is 0 Å². The Labute approximate surface area is 116 Å². The monoisotopic (exact) mass is 275 g/mol. The van der Waals surface area contributed by atoms with Crippen LogP contribution in [-0.4, -0.2) is 15.7 Å². The lowest BCUT2D eigenvalue weighted by atomic mass is 10.3. The Balaban J connectivity index is 2.18. The number of nitrogens with two attached hydrogens (primary N) is 1. The molecule has 2 rings (SSSR count). The molecule has 0 fully saturated rings. The smallest absolute Gasteiger partial charge is 0.320 e. The van der Waals surface area contributed by atoms with Crippen LogP contribution in [0.2, 0.25) is 0 Å².